The van der Waals surface area contributed by atoms with E-state index in [2.05, 4.69) is 4.74 Å². The Balaban J connectivity index is 2.72. The maximum atomic E-state index is 13.4. The summed E-state index contributed by atoms with van der Waals surface area (Å²) in [7, 11) is 0. The van der Waals surface area contributed by atoms with Crippen LogP contribution in [0.1, 0.15) is 23.7 Å². The number of hydrogen-bond donors (Lipinski definition) is 0. The summed E-state index contributed by atoms with van der Waals surface area (Å²) in [4.78, 5) is 22.5. The quantitative estimate of drug-likeness (QED) is 0.452. The zero-order valence-electron chi connectivity index (χ0n) is 9.28. The van der Waals surface area contributed by atoms with Crippen LogP contribution >= 0.6 is 0 Å². The van der Waals surface area contributed by atoms with E-state index in [1.54, 1.807) is 6.92 Å². The molecule has 0 fully saturated rings. The molecule has 0 saturated heterocycles. The molecular weight excluding hydrogens is 230 g/mol. The summed E-state index contributed by atoms with van der Waals surface area (Å²) in [5.74, 6) is -2.99. The maximum Gasteiger partial charge on any atom is 0.349 e. The summed E-state index contributed by atoms with van der Waals surface area (Å²) in [6.07, 6.45) is -1.87. The van der Waals surface area contributed by atoms with E-state index >= 15 is 0 Å². The first kappa shape index (κ1) is 13.3. The largest absolute Gasteiger partial charge is 0.463 e. The summed E-state index contributed by atoms with van der Waals surface area (Å²) in [6, 6.07) is 4.51. The van der Waals surface area contributed by atoms with E-state index in [1.807, 2.05) is 0 Å². The van der Waals surface area contributed by atoms with Crippen LogP contribution in [0.25, 0.3) is 0 Å². The molecule has 1 unspecified atom stereocenters. The molecule has 0 aliphatic heterocycles. The fourth-order valence-corrected chi connectivity index (χ4v) is 1.17. The number of rotatable bonds is 5. The van der Waals surface area contributed by atoms with Crippen LogP contribution in [-0.2, 0) is 9.53 Å². The zero-order chi connectivity index (χ0) is 12.8. The minimum absolute atomic E-state index is 0.0513. The van der Waals surface area contributed by atoms with Crippen molar-refractivity contribution in [3.8, 4) is 0 Å². The lowest BCUT2D eigenvalue weighted by atomic mass is 10.1. The highest BCUT2D eigenvalue weighted by Gasteiger charge is 2.28. The Bertz CT molecular complexity index is 418. The molecule has 1 rings (SSSR count). The average molecular weight is 242 g/mol. The lowest BCUT2D eigenvalue weighted by Gasteiger charge is -2.07. The second-order valence-electron chi connectivity index (χ2n) is 3.40. The third kappa shape index (κ3) is 3.62. The number of benzene rings is 1. The summed E-state index contributed by atoms with van der Waals surface area (Å²) in [6.45, 7) is 1.80. The molecule has 0 bridgehead atoms. The molecule has 0 aliphatic rings. The van der Waals surface area contributed by atoms with Crippen molar-refractivity contribution in [3.05, 3.63) is 35.6 Å². The van der Waals surface area contributed by atoms with Crippen molar-refractivity contribution in [1.82, 2.24) is 0 Å². The topological polar surface area (TPSA) is 43.4 Å². The van der Waals surface area contributed by atoms with Gasteiger partial charge in [0.1, 0.15) is 5.82 Å². The molecule has 0 aromatic heterocycles. The van der Waals surface area contributed by atoms with Crippen LogP contribution in [0.2, 0.25) is 0 Å². The third-order valence-corrected chi connectivity index (χ3v) is 1.99. The highest BCUT2D eigenvalue weighted by Crippen LogP contribution is 2.10. The number of esters is 1. The molecule has 0 aliphatic carbocycles. The fraction of sp³-hybridized carbons (Fsp3) is 0.333. The predicted octanol–water partition coefficient (Wildman–Crippen LogP) is 2.30. The van der Waals surface area contributed by atoms with Crippen LogP contribution in [0, 0.1) is 5.82 Å². The van der Waals surface area contributed by atoms with Gasteiger partial charge in [-0.3, -0.25) is 4.79 Å². The minimum atomic E-state index is -2.40. The lowest BCUT2D eigenvalue weighted by Crippen LogP contribution is -2.28. The van der Waals surface area contributed by atoms with Gasteiger partial charge in [0.15, 0.2) is 0 Å². The number of carbonyl (C=O) groups is 2. The van der Waals surface area contributed by atoms with Crippen LogP contribution in [0.4, 0.5) is 8.78 Å². The zero-order valence-corrected chi connectivity index (χ0v) is 9.28. The lowest BCUT2D eigenvalue weighted by molar-refractivity contribution is -0.147. The van der Waals surface area contributed by atoms with E-state index < -0.39 is 23.7 Å². The van der Waals surface area contributed by atoms with E-state index in [0.29, 0.717) is 6.42 Å². The number of carbonyl (C=O) groups excluding carboxylic acids is 2. The second kappa shape index (κ2) is 6.08. The molecule has 0 amide bonds. The van der Waals surface area contributed by atoms with Gasteiger partial charge in [-0.05, 0) is 18.6 Å². The molecule has 0 saturated carbocycles. The fourth-order valence-electron chi connectivity index (χ4n) is 1.17. The van der Waals surface area contributed by atoms with E-state index in [4.69, 9.17) is 0 Å². The van der Waals surface area contributed by atoms with Crippen molar-refractivity contribution >= 4 is 11.8 Å². The molecule has 0 spiro atoms. The molecule has 3 nitrogen and oxygen atoms in total. The Morgan fingerprint density at radius 1 is 1.41 bits per heavy atom. The maximum absolute atomic E-state index is 13.4. The first-order valence-electron chi connectivity index (χ1n) is 5.16. The van der Waals surface area contributed by atoms with Crippen molar-refractivity contribution in [2.75, 3.05) is 6.61 Å². The van der Waals surface area contributed by atoms with E-state index in [0.717, 1.165) is 12.1 Å². The van der Waals surface area contributed by atoms with E-state index in [1.165, 1.54) is 12.1 Å². The number of Topliss-reactive ketones (excluding diaryl/α,β-unsaturated/α-hetero) is 1. The van der Waals surface area contributed by atoms with Crippen molar-refractivity contribution in [2.45, 2.75) is 19.5 Å². The molecular formula is C12H12F2O3. The first-order chi connectivity index (χ1) is 8.06. The predicted molar refractivity (Wildman–Crippen MR) is 56.9 cm³/mol. The normalized spacial score (nSPS) is 11.9. The van der Waals surface area contributed by atoms with E-state index in [9.17, 15) is 18.4 Å². The Labute approximate surface area is 97.4 Å². The van der Waals surface area contributed by atoms with Gasteiger partial charge in [-0.25, -0.2) is 13.6 Å². The van der Waals surface area contributed by atoms with Gasteiger partial charge in [0.05, 0.1) is 6.61 Å². The van der Waals surface area contributed by atoms with Crippen LogP contribution in [0.15, 0.2) is 24.3 Å². The third-order valence-electron chi connectivity index (χ3n) is 1.99. The van der Waals surface area contributed by atoms with Crippen LogP contribution in [-0.4, -0.2) is 24.5 Å². The monoisotopic (exact) mass is 242 g/mol. The second-order valence-corrected chi connectivity index (χ2v) is 3.40. The Morgan fingerprint density at radius 3 is 2.71 bits per heavy atom. The smallest absolute Gasteiger partial charge is 0.349 e. The molecule has 17 heavy (non-hydrogen) atoms. The van der Waals surface area contributed by atoms with Gasteiger partial charge in [0, 0.05) is 5.56 Å². The minimum Gasteiger partial charge on any atom is -0.463 e. The Kier molecular flexibility index (Phi) is 4.75. The first-order valence-corrected chi connectivity index (χ1v) is 5.16. The summed E-state index contributed by atoms with van der Waals surface area (Å²) >= 11 is 0. The highest BCUT2D eigenvalue weighted by atomic mass is 19.1. The molecule has 1 atom stereocenters. The van der Waals surface area contributed by atoms with Crippen molar-refractivity contribution < 1.29 is 23.1 Å². The standard InChI is InChI=1S/C12H12F2O3/c1-2-6-17-12(16)10(14)11(15)8-4-3-5-9(13)7-8/h3-5,7,10H,2,6H2,1H3. The van der Waals surface area contributed by atoms with Gasteiger partial charge in [0.2, 0.25) is 5.78 Å². The SMILES string of the molecule is CCCOC(=O)C(F)C(=O)c1cccc(F)c1. The van der Waals surface area contributed by atoms with Crippen LogP contribution < -0.4 is 0 Å². The summed E-state index contributed by atoms with van der Waals surface area (Å²) < 4.78 is 30.7. The molecule has 5 heteroatoms. The van der Waals surface area contributed by atoms with Crippen molar-refractivity contribution in [3.63, 3.8) is 0 Å². The van der Waals surface area contributed by atoms with Gasteiger partial charge in [-0.2, -0.15) is 0 Å². The van der Waals surface area contributed by atoms with E-state index in [-0.39, 0.29) is 12.2 Å². The van der Waals surface area contributed by atoms with Gasteiger partial charge in [-0.15, -0.1) is 0 Å². The number of halogens is 2. The molecule has 0 heterocycles. The summed E-state index contributed by atoms with van der Waals surface area (Å²) in [5.41, 5.74) is -0.189. The molecule has 0 N–H and O–H groups in total. The van der Waals surface area contributed by atoms with Crippen molar-refractivity contribution in [2.24, 2.45) is 0 Å². The number of ether oxygens (including phenoxy) is 1. The average Bonchev–Trinajstić information content (AvgIpc) is 2.34. The molecule has 92 valence electrons. The summed E-state index contributed by atoms with van der Waals surface area (Å²) in [5, 5.41) is 0. The Hall–Kier alpha value is -1.78. The molecule has 1 aromatic carbocycles. The number of ketones is 1. The molecule has 1 aromatic rings. The molecule has 0 radical (unpaired) electrons. The number of hydrogen-bond acceptors (Lipinski definition) is 3. The Morgan fingerprint density at radius 2 is 2.12 bits per heavy atom. The van der Waals surface area contributed by atoms with Gasteiger partial charge in [-0.1, -0.05) is 19.1 Å². The van der Waals surface area contributed by atoms with Crippen LogP contribution in [0.5, 0.6) is 0 Å². The van der Waals surface area contributed by atoms with Crippen LogP contribution in [0.3, 0.4) is 0 Å². The highest BCUT2D eigenvalue weighted by molar-refractivity contribution is 6.11. The number of alkyl halides is 1. The van der Waals surface area contributed by atoms with Crippen molar-refractivity contribution in [1.29, 1.82) is 0 Å². The van der Waals surface area contributed by atoms with Gasteiger partial charge in [0.25, 0.3) is 6.17 Å². The van der Waals surface area contributed by atoms with Gasteiger partial charge >= 0.3 is 5.97 Å². The van der Waals surface area contributed by atoms with Gasteiger partial charge < -0.3 is 4.74 Å².